The number of nitrogens with zero attached hydrogens (tertiary/aromatic N) is 2. The molecular weight excluding hydrogens is 522 g/mol. The molecule has 0 N–H and O–H groups in total. The first-order chi connectivity index (χ1) is 16.1. The Hall–Kier alpha value is -2.48. The molecule has 0 aliphatic carbocycles. The molecule has 0 aromatic heterocycles. The van der Waals surface area contributed by atoms with Crippen molar-refractivity contribution in [3.05, 3.63) is 67.6 Å². The lowest BCUT2D eigenvalue weighted by atomic mass is 9.76. The van der Waals surface area contributed by atoms with Gasteiger partial charge in [0.25, 0.3) is 0 Å². The normalized spacial score (nSPS) is 10.2. The highest BCUT2D eigenvalue weighted by atomic mass is 35.5. The Morgan fingerprint density at radius 2 is 1.32 bits per heavy atom. The van der Waals surface area contributed by atoms with E-state index in [2.05, 4.69) is 6.07 Å². The first kappa shape index (κ1) is 29.6. The second-order valence-electron chi connectivity index (χ2n) is 6.87. The molecule has 10 heteroatoms. The zero-order chi connectivity index (χ0) is 25.7. The van der Waals surface area contributed by atoms with Crippen LogP contribution >= 0.6 is 46.4 Å². The summed E-state index contributed by atoms with van der Waals surface area (Å²) in [5.41, 5.74) is -0.121. The van der Waals surface area contributed by atoms with E-state index in [4.69, 9.17) is 61.1 Å². The van der Waals surface area contributed by atoms with E-state index >= 15 is 0 Å². The van der Waals surface area contributed by atoms with E-state index in [-0.39, 0.29) is 31.1 Å². The lowest BCUT2D eigenvalue weighted by molar-refractivity contribution is -0.146. The number of hydrogen-bond donors (Lipinski definition) is 0. The van der Waals surface area contributed by atoms with Crippen molar-refractivity contribution < 1.29 is 19.1 Å². The molecule has 0 aliphatic heterocycles. The Labute approximate surface area is 218 Å². The van der Waals surface area contributed by atoms with Crippen LogP contribution in [0, 0.1) is 22.7 Å². The highest BCUT2D eigenvalue weighted by Crippen LogP contribution is 2.36. The molecule has 34 heavy (non-hydrogen) atoms. The molecule has 2 aromatic rings. The average molecular weight is 544 g/mol. The number of nitriles is 2. The third-order valence-electron chi connectivity index (χ3n) is 4.46. The molecule has 2 aromatic carbocycles. The predicted octanol–water partition coefficient (Wildman–Crippen LogP) is 6.72. The largest absolute Gasteiger partial charge is 0.466 e. The summed E-state index contributed by atoms with van der Waals surface area (Å²) in [4.78, 5) is 23.8. The number of ether oxygens (including phenoxy) is 2. The van der Waals surface area contributed by atoms with Crippen molar-refractivity contribution in [2.45, 2.75) is 38.5 Å². The van der Waals surface area contributed by atoms with Crippen LogP contribution in [0.15, 0.2) is 36.4 Å². The molecular formula is C24H22Cl4N2O4. The quantitative estimate of drug-likeness (QED) is 0.342. The van der Waals surface area contributed by atoms with Gasteiger partial charge >= 0.3 is 11.9 Å². The first-order valence-electron chi connectivity index (χ1n) is 10.1. The van der Waals surface area contributed by atoms with Crippen LogP contribution in [0.2, 0.25) is 20.1 Å². The maximum atomic E-state index is 11.9. The summed E-state index contributed by atoms with van der Waals surface area (Å²) in [5, 5.41) is 19.6. The van der Waals surface area contributed by atoms with Gasteiger partial charge in [-0.1, -0.05) is 58.5 Å². The van der Waals surface area contributed by atoms with Crippen LogP contribution in [-0.4, -0.2) is 25.2 Å². The number of benzene rings is 2. The highest BCUT2D eigenvalue weighted by molar-refractivity contribution is 6.42. The van der Waals surface area contributed by atoms with E-state index < -0.39 is 17.4 Å². The summed E-state index contributed by atoms with van der Waals surface area (Å²) in [6.45, 7) is 3.69. The van der Waals surface area contributed by atoms with Crippen LogP contribution in [0.25, 0.3) is 0 Å². The molecule has 0 atom stereocenters. The Balaban J connectivity index is 0.000000437. The van der Waals surface area contributed by atoms with Crippen molar-refractivity contribution in [1.82, 2.24) is 0 Å². The summed E-state index contributed by atoms with van der Waals surface area (Å²) in [5.74, 6) is -1.16. The molecule has 0 radical (unpaired) electrons. The monoisotopic (exact) mass is 542 g/mol. The van der Waals surface area contributed by atoms with Gasteiger partial charge < -0.3 is 9.47 Å². The van der Waals surface area contributed by atoms with Gasteiger partial charge in [-0.2, -0.15) is 10.5 Å². The first-order valence-corrected chi connectivity index (χ1v) is 11.6. The second kappa shape index (κ2) is 14.7. The molecule has 0 spiro atoms. The molecule has 0 unspecified atom stereocenters. The minimum atomic E-state index is -1.42. The van der Waals surface area contributed by atoms with Gasteiger partial charge in [0.1, 0.15) is 5.41 Å². The molecule has 180 valence electrons. The fourth-order valence-corrected chi connectivity index (χ4v) is 3.48. The number of esters is 2. The van der Waals surface area contributed by atoms with Crippen LogP contribution in [-0.2, 0) is 30.9 Å². The average Bonchev–Trinajstić information content (AvgIpc) is 2.78. The SMILES string of the molecule is CCOC(=O)CC(C#N)(CC(=O)OCC)c1ccc(Cl)c(Cl)c1.N#CCc1ccc(Cl)c(Cl)c1. The Morgan fingerprint density at radius 1 is 0.824 bits per heavy atom. The lowest BCUT2D eigenvalue weighted by Crippen LogP contribution is -2.32. The summed E-state index contributed by atoms with van der Waals surface area (Å²) in [6.07, 6.45) is -0.195. The molecule has 0 heterocycles. The second-order valence-corrected chi connectivity index (χ2v) is 8.50. The van der Waals surface area contributed by atoms with Gasteiger partial charge in [0.2, 0.25) is 0 Å². The van der Waals surface area contributed by atoms with Crippen LogP contribution in [0.4, 0.5) is 0 Å². The number of carbonyl (C=O) groups excluding carboxylic acids is 2. The molecule has 0 bridgehead atoms. The van der Waals surface area contributed by atoms with Gasteiger partial charge in [0.05, 0.1) is 64.7 Å². The summed E-state index contributed by atoms with van der Waals surface area (Å²) >= 11 is 23.3. The topological polar surface area (TPSA) is 100 Å². The van der Waals surface area contributed by atoms with Crippen molar-refractivity contribution in [2.24, 2.45) is 0 Å². The molecule has 6 nitrogen and oxygen atoms in total. The van der Waals surface area contributed by atoms with Crippen molar-refractivity contribution in [3.8, 4) is 12.1 Å². The fourth-order valence-electron chi connectivity index (χ4n) is 2.86. The molecule has 2 rings (SSSR count). The maximum Gasteiger partial charge on any atom is 0.307 e. The van der Waals surface area contributed by atoms with Crippen LogP contribution in [0.5, 0.6) is 0 Å². The Bertz CT molecular complexity index is 1070. The maximum absolute atomic E-state index is 11.9. The minimum absolute atomic E-state index is 0.182. The smallest absolute Gasteiger partial charge is 0.307 e. The predicted molar refractivity (Wildman–Crippen MR) is 132 cm³/mol. The van der Waals surface area contributed by atoms with Crippen LogP contribution < -0.4 is 0 Å². The van der Waals surface area contributed by atoms with E-state index in [1.54, 1.807) is 38.1 Å². The van der Waals surface area contributed by atoms with E-state index in [9.17, 15) is 14.9 Å². The van der Waals surface area contributed by atoms with Gasteiger partial charge in [0.15, 0.2) is 0 Å². The molecule has 0 aliphatic rings. The third-order valence-corrected chi connectivity index (χ3v) is 5.93. The fraction of sp³-hybridized carbons (Fsp3) is 0.333. The Morgan fingerprint density at radius 3 is 1.74 bits per heavy atom. The standard InChI is InChI=1S/C16H17Cl2NO4.C8H5Cl2N/c1-3-22-14(20)8-16(10-19,9-15(21)23-4-2)11-5-6-12(17)13(18)7-11;9-7-2-1-6(3-4-11)5-8(7)10/h5-7H,3-4,8-9H2,1-2H3;1-2,5H,3H2. The van der Waals surface area contributed by atoms with Crippen molar-refractivity contribution in [1.29, 1.82) is 10.5 Å². The van der Waals surface area contributed by atoms with Gasteiger partial charge in [-0.25, -0.2) is 0 Å². The number of hydrogen-bond acceptors (Lipinski definition) is 6. The molecule has 0 amide bonds. The van der Waals surface area contributed by atoms with Crippen molar-refractivity contribution in [3.63, 3.8) is 0 Å². The van der Waals surface area contributed by atoms with E-state index in [0.717, 1.165) is 5.56 Å². The highest BCUT2D eigenvalue weighted by Gasteiger charge is 2.39. The molecule has 0 saturated carbocycles. The van der Waals surface area contributed by atoms with Gasteiger partial charge in [0, 0.05) is 0 Å². The van der Waals surface area contributed by atoms with Crippen LogP contribution in [0.1, 0.15) is 37.8 Å². The Kier molecular flexibility index (Phi) is 12.8. The van der Waals surface area contributed by atoms with Gasteiger partial charge in [-0.3, -0.25) is 9.59 Å². The third kappa shape index (κ3) is 9.05. The van der Waals surface area contributed by atoms with Crippen molar-refractivity contribution >= 4 is 58.3 Å². The van der Waals surface area contributed by atoms with Crippen molar-refractivity contribution in [2.75, 3.05) is 13.2 Å². The molecule has 0 saturated heterocycles. The lowest BCUT2D eigenvalue weighted by Gasteiger charge is -2.25. The zero-order valence-corrected chi connectivity index (χ0v) is 21.6. The van der Waals surface area contributed by atoms with E-state index in [1.165, 1.54) is 12.1 Å². The zero-order valence-electron chi connectivity index (χ0n) is 18.5. The number of halogens is 4. The number of carbonyl (C=O) groups is 2. The number of rotatable bonds is 8. The van der Waals surface area contributed by atoms with Gasteiger partial charge in [-0.15, -0.1) is 0 Å². The summed E-state index contributed by atoms with van der Waals surface area (Å²) < 4.78 is 9.83. The van der Waals surface area contributed by atoms with E-state index in [0.29, 0.717) is 27.1 Å². The van der Waals surface area contributed by atoms with Crippen LogP contribution in [0.3, 0.4) is 0 Å². The summed E-state index contributed by atoms with van der Waals surface area (Å²) in [6, 6.07) is 13.8. The van der Waals surface area contributed by atoms with E-state index in [1.807, 2.05) is 6.07 Å². The summed E-state index contributed by atoms with van der Waals surface area (Å²) in [7, 11) is 0. The minimum Gasteiger partial charge on any atom is -0.466 e. The molecule has 0 fully saturated rings. The van der Waals surface area contributed by atoms with Gasteiger partial charge in [-0.05, 0) is 49.2 Å².